The Morgan fingerprint density at radius 1 is 1.32 bits per heavy atom. The number of morpholine rings is 1. The van der Waals surface area contributed by atoms with E-state index in [2.05, 4.69) is 37.2 Å². The summed E-state index contributed by atoms with van der Waals surface area (Å²) in [5.41, 5.74) is 4.03. The molecule has 0 aliphatic carbocycles. The standard InChI is InChI=1S/C10H18N2O.C8H8N4/c1-3-4-10(11-2)9-12-5-7-13-8-6-12;1-6-8(11-12-10-6)7-2-4-9-5-3-7/h3-4,11H,1,5-9H2,2H3;2-5H,1H3,(H,10,11,12)/b10-4-;. The minimum atomic E-state index is 0.852. The minimum Gasteiger partial charge on any atom is -0.390 e. The summed E-state index contributed by atoms with van der Waals surface area (Å²) in [7, 11) is 1.94. The first-order chi connectivity index (χ1) is 12.2. The van der Waals surface area contributed by atoms with Crippen LogP contribution in [0, 0.1) is 6.92 Å². The third-order valence-electron chi connectivity index (χ3n) is 3.81. The minimum absolute atomic E-state index is 0.852. The molecule has 25 heavy (non-hydrogen) atoms. The molecule has 3 heterocycles. The lowest BCUT2D eigenvalue weighted by molar-refractivity contribution is 0.0417. The molecule has 2 aromatic rings. The Kier molecular flexibility index (Phi) is 7.81. The number of aromatic nitrogens is 4. The van der Waals surface area contributed by atoms with Crippen molar-refractivity contribution in [2.75, 3.05) is 39.9 Å². The first-order valence-electron chi connectivity index (χ1n) is 8.31. The Bertz CT molecular complexity index is 661. The molecule has 0 aromatic carbocycles. The van der Waals surface area contributed by atoms with Crippen LogP contribution < -0.4 is 5.32 Å². The van der Waals surface area contributed by atoms with Crippen LogP contribution >= 0.6 is 0 Å². The van der Waals surface area contributed by atoms with E-state index in [0.29, 0.717) is 0 Å². The number of likely N-dealkylation sites (N-methyl/N-ethyl adjacent to an activating group) is 1. The zero-order chi connectivity index (χ0) is 17.9. The molecular weight excluding hydrogens is 316 g/mol. The van der Waals surface area contributed by atoms with Crippen LogP contribution in [-0.2, 0) is 4.74 Å². The molecule has 7 heteroatoms. The van der Waals surface area contributed by atoms with Crippen LogP contribution in [0.15, 0.2) is 49.0 Å². The van der Waals surface area contributed by atoms with Crippen LogP contribution in [0.5, 0.6) is 0 Å². The van der Waals surface area contributed by atoms with E-state index in [-0.39, 0.29) is 0 Å². The summed E-state index contributed by atoms with van der Waals surface area (Å²) >= 11 is 0. The highest BCUT2D eigenvalue weighted by Crippen LogP contribution is 2.16. The lowest BCUT2D eigenvalue weighted by Gasteiger charge is -2.27. The number of rotatable bonds is 5. The SMILES string of the molecule is C=C/C=C(/CN1CCOCC1)NC.Cc1n[nH]nc1-c1ccncc1. The van der Waals surface area contributed by atoms with E-state index in [1.54, 1.807) is 12.4 Å². The molecule has 0 radical (unpaired) electrons. The second-order valence-electron chi connectivity index (χ2n) is 5.56. The van der Waals surface area contributed by atoms with Crippen molar-refractivity contribution in [1.82, 2.24) is 30.6 Å². The molecule has 1 aliphatic rings. The number of H-pyrrole nitrogens is 1. The topological polar surface area (TPSA) is 79.0 Å². The van der Waals surface area contributed by atoms with Gasteiger partial charge in [0.1, 0.15) is 5.69 Å². The predicted octanol–water partition coefficient (Wildman–Crippen LogP) is 1.78. The molecule has 0 spiro atoms. The summed E-state index contributed by atoms with van der Waals surface area (Å²) < 4.78 is 5.27. The molecule has 0 saturated carbocycles. The molecule has 7 nitrogen and oxygen atoms in total. The van der Waals surface area contributed by atoms with Gasteiger partial charge in [-0.05, 0) is 25.1 Å². The van der Waals surface area contributed by atoms with Crippen molar-refractivity contribution >= 4 is 0 Å². The molecule has 1 saturated heterocycles. The highest BCUT2D eigenvalue weighted by atomic mass is 16.5. The average molecular weight is 342 g/mol. The second-order valence-corrected chi connectivity index (χ2v) is 5.56. The van der Waals surface area contributed by atoms with Gasteiger partial charge in [0.15, 0.2) is 0 Å². The molecule has 134 valence electrons. The van der Waals surface area contributed by atoms with Gasteiger partial charge in [0.25, 0.3) is 0 Å². The van der Waals surface area contributed by atoms with Gasteiger partial charge in [0.05, 0.1) is 18.9 Å². The molecule has 1 fully saturated rings. The van der Waals surface area contributed by atoms with E-state index in [9.17, 15) is 0 Å². The Balaban J connectivity index is 0.000000181. The Morgan fingerprint density at radius 3 is 2.60 bits per heavy atom. The molecule has 3 rings (SSSR count). The van der Waals surface area contributed by atoms with E-state index >= 15 is 0 Å². The number of allylic oxidation sites excluding steroid dienone is 2. The number of pyridine rings is 1. The Labute approximate surface area is 148 Å². The van der Waals surface area contributed by atoms with Crippen molar-refractivity contribution in [3.05, 3.63) is 54.6 Å². The summed E-state index contributed by atoms with van der Waals surface area (Å²) in [4.78, 5) is 6.30. The van der Waals surface area contributed by atoms with Crippen LogP contribution in [0.25, 0.3) is 11.3 Å². The van der Waals surface area contributed by atoms with Crippen LogP contribution in [-0.4, -0.2) is 65.2 Å². The van der Waals surface area contributed by atoms with Gasteiger partial charge in [-0.25, -0.2) is 0 Å². The molecule has 1 aliphatic heterocycles. The van der Waals surface area contributed by atoms with Gasteiger partial charge in [-0.3, -0.25) is 9.88 Å². The first-order valence-corrected chi connectivity index (χ1v) is 8.31. The van der Waals surface area contributed by atoms with Gasteiger partial charge in [0.2, 0.25) is 0 Å². The fraction of sp³-hybridized carbons (Fsp3) is 0.389. The Hall–Kier alpha value is -2.51. The van der Waals surface area contributed by atoms with Gasteiger partial charge in [-0.1, -0.05) is 12.7 Å². The largest absolute Gasteiger partial charge is 0.390 e. The molecule has 0 unspecified atom stereocenters. The normalized spacial score (nSPS) is 15.2. The first kappa shape index (κ1) is 18.8. The smallest absolute Gasteiger partial charge is 0.115 e. The number of aryl methyl sites for hydroxylation is 1. The lowest BCUT2D eigenvalue weighted by Crippen LogP contribution is -2.38. The van der Waals surface area contributed by atoms with Crippen molar-refractivity contribution in [2.24, 2.45) is 0 Å². The number of nitrogens with zero attached hydrogens (tertiary/aromatic N) is 4. The third-order valence-corrected chi connectivity index (χ3v) is 3.81. The van der Waals surface area contributed by atoms with E-state index in [4.69, 9.17) is 4.74 Å². The summed E-state index contributed by atoms with van der Waals surface area (Å²) in [5.74, 6) is 0. The summed E-state index contributed by atoms with van der Waals surface area (Å²) in [5, 5.41) is 13.7. The predicted molar refractivity (Wildman–Crippen MR) is 98.9 cm³/mol. The second kappa shape index (κ2) is 10.4. The summed E-state index contributed by atoms with van der Waals surface area (Å²) in [6.07, 6.45) is 7.30. The number of ether oxygens (including phenoxy) is 1. The maximum atomic E-state index is 5.27. The van der Waals surface area contributed by atoms with Crippen LogP contribution in [0.1, 0.15) is 5.69 Å². The highest BCUT2D eigenvalue weighted by molar-refractivity contribution is 5.59. The van der Waals surface area contributed by atoms with Gasteiger partial charge in [-0.2, -0.15) is 15.4 Å². The van der Waals surface area contributed by atoms with Crippen LogP contribution in [0.3, 0.4) is 0 Å². The van der Waals surface area contributed by atoms with Crippen LogP contribution in [0.2, 0.25) is 0 Å². The molecule has 0 bridgehead atoms. The molecule has 2 aromatic heterocycles. The van der Waals surface area contributed by atoms with Crippen molar-refractivity contribution in [1.29, 1.82) is 0 Å². The number of hydrogen-bond acceptors (Lipinski definition) is 6. The molecular formula is C18H26N6O. The van der Waals surface area contributed by atoms with E-state index in [1.807, 2.05) is 38.3 Å². The monoisotopic (exact) mass is 342 g/mol. The lowest BCUT2D eigenvalue weighted by atomic mass is 10.2. The highest BCUT2D eigenvalue weighted by Gasteiger charge is 2.10. The molecule has 0 atom stereocenters. The molecule has 2 N–H and O–H groups in total. The number of aromatic amines is 1. The number of hydrogen-bond donors (Lipinski definition) is 2. The van der Waals surface area contributed by atoms with Crippen molar-refractivity contribution < 1.29 is 4.74 Å². The van der Waals surface area contributed by atoms with Gasteiger partial charge >= 0.3 is 0 Å². The quantitative estimate of drug-likeness (QED) is 0.807. The maximum absolute atomic E-state index is 5.27. The van der Waals surface area contributed by atoms with E-state index in [1.165, 1.54) is 5.70 Å². The summed E-state index contributed by atoms with van der Waals surface area (Å²) in [6.45, 7) is 10.3. The zero-order valence-corrected chi connectivity index (χ0v) is 14.9. The number of nitrogens with one attached hydrogen (secondary N) is 2. The average Bonchev–Trinajstić information content (AvgIpc) is 3.09. The maximum Gasteiger partial charge on any atom is 0.115 e. The van der Waals surface area contributed by atoms with E-state index < -0.39 is 0 Å². The van der Waals surface area contributed by atoms with Crippen molar-refractivity contribution in [3.63, 3.8) is 0 Å². The van der Waals surface area contributed by atoms with Gasteiger partial charge in [0, 0.05) is 50.3 Å². The third kappa shape index (κ3) is 6.13. The van der Waals surface area contributed by atoms with Gasteiger partial charge < -0.3 is 10.1 Å². The summed E-state index contributed by atoms with van der Waals surface area (Å²) in [6, 6.07) is 3.82. The van der Waals surface area contributed by atoms with Gasteiger partial charge in [-0.15, -0.1) is 0 Å². The molecule has 0 amide bonds. The van der Waals surface area contributed by atoms with Crippen LogP contribution in [0.4, 0.5) is 0 Å². The van der Waals surface area contributed by atoms with Crippen molar-refractivity contribution in [2.45, 2.75) is 6.92 Å². The zero-order valence-electron chi connectivity index (χ0n) is 14.9. The fourth-order valence-electron chi connectivity index (χ4n) is 2.42. The van der Waals surface area contributed by atoms with Crippen molar-refractivity contribution in [3.8, 4) is 11.3 Å². The fourth-order valence-corrected chi connectivity index (χ4v) is 2.42. The van der Waals surface area contributed by atoms with E-state index in [0.717, 1.165) is 49.8 Å². The Morgan fingerprint density at radius 2 is 2.04 bits per heavy atom.